The molecule has 0 radical (unpaired) electrons. The van der Waals surface area contributed by atoms with Crippen molar-refractivity contribution in [1.82, 2.24) is 16.0 Å². The second kappa shape index (κ2) is 5.24. The number of nitrogens with zero attached hydrogens (tertiary/aromatic N) is 1. The highest BCUT2D eigenvalue weighted by molar-refractivity contribution is 6.21. The molecule has 110 valence electrons. The van der Waals surface area contributed by atoms with Gasteiger partial charge in [-0.15, -0.1) is 0 Å². The Morgan fingerprint density at radius 3 is 3.15 bits per heavy atom. The monoisotopic (exact) mass is 300 g/mol. The van der Waals surface area contributed by atoms with E-state index in [1.807, 2.05) is 0 Å². The number of aliphatic imine (C=N–C) groups is 1. The molecule has 2 aliphatic heterocycles. The van der Waals surface area contributed by atoms with Gasteiger partial charge in [0, 0.05) is 25.2 Å². The maximum absolute atomic E-state index is 13.7. The molecule has 3 rings (SSSR count). The van der Waals surface area contributed by atoms with Gasteiger partial charge in [0.15, 0.2) is 17.3 Å². The van der Waals surface area contributed by atoms with Gasteiger partial charge in [-0.05, 0) is 24.7 Å². The first-order valence-electron chi connectivity index (χ1n) is 6.94. The number of amidine groups is 1. The zero-order chi connectivity index (χ0) is 14.2. The highest BCUT2D eigenvalue weighted by Gasteiger charge is 2.42. The molecule has 3 atom stereocenters. The zero-order valence-corrected chi connectivity index (χ0v) is 11.8. The fraction of sp³-hybridized carbons (Fsp3) is 0.692. The first-order valence-corrected chi connectivity index (χ1v) is 7.37. The van der Waals surface area contributed by atoms with E-state index in [2.05, 4.69) is 20.9 Å². The van der Waals surface area contributed by atoms with E-state index in [-0.39, 0.29) is 23.2 Å². The quantitative estimate of drug-likeness (QED) is 0.506. The largest absolute Gasteiger partial charge is 0.365 e. The SMILES string of the molecule is O=C1CC2(CCC[C@H](NC3=NC(Cl)NC=C3F)C2)CN1. The van der Waals surface area contributed by atoms with Crippen molar-refractivity contribution in [2.24, 2.45) is 10.4 Å². The highest BCUT2D eigenvalue weighted by atomic mass is 35.5. The second-order valence-electron chi connectivity index (χ2n) is 5.86. The van der Waals surface area contributed by atoms with Crippen molar-refractivity contribution in [1.29, 1.82) is 0 Å². The minimum atomic E-state index is -0.635. The van der Waals surface area contributed by atoms with Crippen LogP contribution in [0.5, 0.6) is 0 Å². The van der Waals surface area contributed by atoms with Crippen LogP contribution < -0.4 is 16.0 Å². The molecule has 2 fully saturated rings. The number of rotatable bonds is 1. The maximum Gasteiger partial charge on any atom is 0.220 e. The highest BCUT2D eigenvalue weighted by Crippen LogP contribution is 2.41. The molecule has 1 saturated carbocycles. The van der Waals surface area contributed by atoms with Crippen molar-refractivity contribution >= 4 is 23.3 Å². The second-order valence-corrected chi connectivity index (χ2v) is 6.28. The number of halogens is 2. The van der Waals surface area contributed by atoms with E-state index in [1.165, 1.54) is 6.20 Å². The standard InChI is InChI=1S/C13H18ClFN4O/c14-12-16-6-9(15)11(19-12)18-8-2-1-3-13(4-8)5-10(20)17-7-13/h6,8,12,16H,1-5,7H2,(H,17,20)(H,18,19)/t8-,12?,13?/m0/s1. The first-order chi connectivity index (χ1) is 9.56. The molecule has 7 heteroatoms. The Bertz CT molecular complexity index is 481. The molecule has 1 aliphatic carbocycles. The normalized spacial score (nSPS) is 37.0. The van der Waals surface area contributed by atoms with Crippen LogP contribution in [0, 0.1) is 5.41 Å². The van der Waals surface area contributed by atoms with Gasteiger partial charge >= 0.3 is 0 Å². The summed E-state index contributed by atoms with van der Waals surface area (Å²) < 4.78 is 13.7. The predicted octanol–water partition coefficient (Wildman–Crippen LogP) is 1.36. The lowest BCUT2D eigenvalue weighted by Crippen LogP contribution is -2.45. The lowest BCUT2D eigenvalue weighted by molar-refractivity contribution is -0.119. The molecule has 0 bridgehead atoms. The lowest BCUT2D eigenvalue weighted by Gasteiger charge is -2.37. The van der Waals surface area contributed by atoms with Crippen LogP contribution in [0.25, 0.3) is 0 Å². The van der Waals surface area contributed by atoms with Gasteiger partial charge in [-0.3, -0.25) is 4.79 Å². The van der Waals surface area contributed by atoms with Crippen LogP contribution in [0.15, 0.2) is 17.0 Å². The Kier molecular flexibility index (Phi) is 3.58. The Labute approximate surface area is 122 Å². The van der Waals surface area contributed by atoms with Gasteiger partial charge < -0.3 is 16.0 Å². The average molecular weight is 301 g/mol. The number of carbonyl (C=O) groups is 1. The van der Waals surface area contributed by atoms with Crippen LogP contribution in [0.4, 0.5) is 4.39 Å². The van der Waals surface area contributed by atoms with Crippen molar-refractivity contribution in [2.45, 2.75) is 43.8 Å². The summed E-state index contributed by atoms with van der Waals surface area (Å²) >= 11 is 5.83. The number of hydrogen-bond donors (Lipinski definition) is 3. The van der Waals surface area contributed by atoms with Crippen LogP contribution in [-0.2, 0) is 4.79 Å². The number of carbonyl (C=O) groups excluding carboxylic acids is 1. The molecule has 1 saturated heterocycles. The van der Waals surface area contributed by atoms with Crippen LogP contribution >= 0.6 is 11.6 Å². The van der Waals surface area contributed by atoms with Gasteiger partial charge in [-0.1, -0.05) is 18.0 Å². The van der Waals surface area contributed by atoms with Gasteiger partial charge in [-0.25, -0.2) is 9.38 Å². The van der Waals surface area contributed by atoms with Gasteiger partial charge in [0.1, 0.15) is 0 Å². The maximum atomic E-state index is 13.7. The fourth-order valence-electron chi connectivity index (χ4n) is 3.37. The zero-order valence-electron chi connectivity index (χ0n) is 11.1. The van der Waals surface area contributed by atoms with Crippen LogP contribution in [-0.4, -0.2) is 30.0 Å². The van der Waals surface area contributed by atoms with E-state index in [0.717, 1.165) is 32.2 Å². The Balaban J connectivity index is 1.66. The molecule has 20 heavy (non-hydrogen) atoms. The van der Waals surface area contributed by atoms with Crippen molar-refractivity contribution in [3.8, 4) is 0 Å². The fourth-order valence-corrected chi connectivity index (χ4v) is 3.53. The molecule has 1 amide bonds. The summed E-state index contributed by atoms with van der Waals surface area (Å²) in [4.78, 5) is 15.5. The topological polar surface area (TPSA) is 65.5 Å². The number of nitrogens with one attached hydrogen (secondary N) is 3. The first kappa shape index (κ1) is 13.7. The van der Waals surface area contributed by atoms with E-state index in [4.69, 9.17) is 11.6 Å². The van der Waals surface area contributed by atoms with Crippen LogP contribution in [0.3, 0.4) is 0 Å². The molecule has 0 aromatic rings. The molecule has 3 N–H and O–H groups in total. The number of hydrogen-bond acceptors (Lipinski definition) is 4. The Morgan fingerprint density at radius 2 is 2.40 bits per heavy atom. The summed E-state index contributed by atoms with van der Waals surface area (Å²) in [5, 5.41) is 8.65. The van der Waals surface area contributed by atoms with E-state index in [9.17, 15) is 9.18 Å². The van der Waals surface area contributed by atoms with E-state index in [0.29, 0.717) is 6.42 Å². The van der Waals surface area contributed by atoms with Gasteiger partial charge in [-0.2, -0.15) is 0 Å². The molecular weight excluding hydrogens is 283 g/mol. The summed E-state index contributed by atoms with van der Waals surface area (Å²) in [6, 6.07) is 0.135. The van der Waals surface area contributed by atoms with Gasteiger partial charge in [0.25, 0.3) is 0 Å². The summed E-state index contributed by atoms with van der Waals surface area (Å²) in [7, 11) is 0. The third-order valence-corrected chi connectivity index (χ3v) is 4.52. The van der Waals surface area contributed by atoms with Crippen molar-refractivity contribution in [3.63, 3.8) is 0 Å². The molecule has 3 aliphatic rings. The van der Waals surface area contributed by atoms with E-state index < -0.39 is 11.5 Å². The van der Waals surface area contributed by atoms with Crippen molar-refractivity contribution < 1.29 is 9.18 Å². The van der Waals surface area contributed by atoms with E-state index in [1.54, 1.807) is 0 Å². The Morgan fingerprint density at radius 1 is 1.55 bits per heavy atom. The average Bonchev–Trinajstić information content (AvgIpc) is 2.75. The molecule has 0 aromatic heterocycles. The molecule has 2 unspecified atom stereocenters. The van der Waals surface area contributed by atoms with Crippen LogP contribution in [0.1, 0.15) is 32.1 Å². The summed E-state index contributed by atoms with van der Waals surface area (Å²) in [6.07, 6.45) is 5.71. The van der Waals surface area contributed by atoms with Crippen molar-refractivity contribution in [2.75, 3.05) is 6.54 Å². The van der Waals surface area contributed by atoms with Crippen LogP contribution in [0.2, 0.25) is 0 Å². The Hall–Kier alpha value is -1.30. The number of amides is 1. The third-order valence-electron chi connectivity index (χ3n) is 4.29. The van der Waals surface area contributed by atoms with Crippen molar-refractivity contribution in [3.05, 3.63) is 12.0 Å². The minimum Gasteiger partial charge on any atom is -0.365 e. The summed E-state index contributed by atoms with van der Waals surface area (Å²) in [5.74, 6) is -0.0954. The third kappa shape index (κ3) is 2.75. The molecule has 2 heterocycles. The smallest absolute Gasteiger partial charge is 0.220 e. The molecule has 1 spiro atoms. The lowest BCUT2D eigenvalue weighted by atomic mass is 9.71. The van der Waals surface area contributed by atoms with Gasteiger partial charge in [0.2, 0.25) is 5.91 Å². The molecular formula is C13H18ClFN4O. The minimum absolute atomic E-state index is 0.0288. The molecule has 5 nitrogen and oxygen atoms in total. The summed E-state index contributed by atoms with van der Waals surface area (Å²) in [5.41, 5.74) is -0.606. The van der Waals surface area contributed by atoms with E-state index >= 15 is 0 Å². The predicted molar refractivity (Wildman–Crippen MR) is 74.9 cm³/mol. The van der Waals surface area contributed by atoms with Gasteiger partial charge in [0.05, 0.1) is 0 Å². The number of alkyl halides is 1. The summed E-state index contributed by atoms with van der Waals surface area (Å²) in [6.45, 7) is 0.731. The molecule has 0 aromatic carbocycles.